The van der Waals surface area contributed by atoms with Crippen LogP contribution in [0, 0.1) is 0 Å². The van der Waals surface area contributed by atoms with Crippen LogP contribution in [-0.4, -0.2) is 32.9 Å². The van der Waals surface area contributed by atoms with Crippen LogP contribution in [-0.2, 0) is 17.8 Å². The number of nitrogens with one attached hydrogen (secondary N) is 3. The van der Waals surface area contributed by atoms with E-state index in [9.17, 15) is 4.79 Å². The number of hydrogen-bond donors (Lipinski definition) is 3. The van der Waals surface area contributed by atoms with Gasteiger partial charge in [0.25, 0.3) is 0 Å². The highest BCUT2D eigenvalue weighted by molar-refractivity contribution is 6.01. The van der Waals surface area contributed by atoms with Gasteiger partial charge >= 0.3 is 0 Å². The predicted octanol–water partition coefficient (Wildman–Crippen LogP) is 5.28. The highest BCUT2D eigenvalue weighted by atomic mass is 16.2. The number of hydrogen-bond acceptors (Lipinski definition) is 6. The highest BCUT2D eigenvalue weighted by Gasteiger charge is 2.21. The zero-order valence-corrected chi connectivity index (χ0v) is 19.8. The number of H-pyrrole nitrogens is 1. The number of carbonyl (C=O) groups is 1. The largest absolute Gasteiger partial charge is 0.365 e. The number of anilines is 4. The van der Waals surface area contributed by atoms with Crippen LogP contribution in [0.3, 0.4) is 0 Å². The molecule has 0 saturated heterocycles. The summed E-state index contributed by atoms with van der Waals surface area (Å²) in [6.45, 7) is 0.632. The van der Waals surface area contributed by atoms with E-state index in [-0.39, 0.29) is 5.91 Å². The molecule has 0 unspecified atom stereocenters. The molecule has 36 heavy (non-hydrogen) atoms. The summed E-state index contributed by atoms with van der Waals surface area (Å²) in [6, 6.07) is 20.2. The van der Waals surface area contributed by atoms with Crippen LogP contribution in [0.1, 0.15) is 17.5 Å². The minimum Gasteiger partial charge on any atom is -0.365 e. The summed E-state index contributed by atoms with van der Waals surface area (Å²) in [5.74, 6) is 1.37. The number of carbonyl (C=O) groups excluding carboxylic acids is 1. The lowest BCUT2D eigenvalue weighted by molar-refractivity contribution is -0.118. The molecule has 2 aromatic carbocycles. The molecule has 178 valence electrons. The van der Waals surface area contributed by atoms with E-state index < -0.39 is 0 Å². The molecule has 1 aliphatic heterocycles. The minimum absolute atomic E-state index is 0.142. The number of aromatic amines is 1. The molecule has 1 amide bonds. The quantitative estimate of drug-likeness (QED) is 0.309. The Morgan fingerprint density at radius 2 is 1.83 bits per heavy atom. The van der Waals surface area contributed by atoms with Crippen LogP contribution in [0.4, 0.5) is 23.1 Å². The van der Waals surface area contributed by atoms with Gasteiger partial charge in [0, 0.05) is 55.5 Å². The van der Waals surface area contributed by atoms with Gasteiger partial charge in [-0.15, -0.1) is 0 Å². The Balaban J connectivity index is 1.37. The van der Waals surface area contributed by atoms with Crippen LogP contribution in [0.5, 0.6) is 0 Å². The lowest BCUT2D eigenvalue weighted by atomic mass is 10.0. The fourth-order valence-corrected chi connectivity index (χ4v) is 4.62. The van der Waals surface area contributed by atoms with E-state index in [1.807, 2.05) is 55.7 Å². The Morgan fingerprint density at radius 1 is 1.00 bits per heavy atom. The molecular formula is C28H25N7O. The second-order valence-corrected chi connectivity index (χ2v) is 8.82. The van der Waals surface area contributed by atoms with E-state index in [2.05, 4.69) is 38.8 Å². The molecular weight excluding hydrogens is 450 g/mol. The maximum absolute atomic E-state index is 12.0. The second kappa shape index (κ2) is 9.14. The van der Waals surface area contributed by atoms with Gasteiger partial charge in [-0.1, -0.05) is 30.3 Å². The Hall–Kier alpha value is -4.72. The number of nitrogens with zero attached hydrogens (tertiary/aromatic N) is 4. The fourth-order valence-electron chi connectivity index (χ4n) is 4.62. The number of pyridine rings is 1. The summed E-state index contributed by atoms with van der Waals surface area (Å²) in [5, 5.41) is 7.80. The minimum atomic E-state index is 0.142. The van der Waals surface area contributed by atoms with Crippen LogP contribution in [0.15, 0.2) is 79.3 Å². The van der Waals surface area contributed by atoms with Gasteiger partial charge in [0.1, 0.15) is 11.5 Å². The first-order chi connectivity index (χ1) is 17.7. The van der Waals surface area contributed by atoms with Gasteiger partial charge < -0.3 is 20.5 Å². The summed E-state index contributed by atoms with van der Waals surface area (Å²) in [7, 11) is 1.82. The maximum Gasteiger partial charge on any atom is 0.231 e. The van der Waals surface area contributed by atoms with Crippen LogP contribution >= 0.6 is 0 Å². The van der Waals surface area contributed by atoms with Crippen molar-refractivity contribution in [2.75, 3.05) is 22.6 Å². The molecule has 0 saturated carbocycles. The topological polar surface area (TPSA) is 98.8 Å². The lowest BCUT2D eigenvalue weighted by Crippen LogP contribution is -2.31. The Kier molecular flexibility index (Phi) is 5.53. The van der Waals surface area contributed by atoms with Crippen molar-refractivity contribution in [3.63, 3.8) is 0 Å². The molecule has 1 aliphatic rings. The lowest BCUT2D eigenvalue weighted by Gasteiger charge is -2.26. The Labute approximate surface area is 208 Å². The van der Waals surface area contributed by atoms with Crippen molar-refractivity contribution in [2.45, 2.75) is 19.4 Å². The molecule has 5 aromatic rings. The SMILES string of the molecule is CN1C(=O)CCc2cc(Nc3nc(NCc4ccccc4)c4c(-c5ccncc5)c[nH]c4n3)ccc21. The molecule has 0 fully saturated rings. The number of aromatic nitrogens is 4. The number of benzene rings is 2. The van der Waals surface area contributed by atoms with Crippen LogP contribution in [0.25, 0.3) is 22.2 Å². The summed E-state index contributed by atoms with van der Waals surface area (Å²) >= 11 is 0. The van der Waals surface area contributed by atoms with E-state index in [4.69, 9.17) is 9.97 Å². The number of amides is 1. The van der Waals surface area contributed by atoms with Gasteiger partial charge in [-0.2, -0.15) is 9.97 Å². The first-order valence-electron chi connectivity index (χ1n) is 11.9. The summed E-state index contributed by atoms with van der Waals surface area (Å²) in [5.41, 5.74) is 6.90. The molecule has 0 spiro atoms. The first-order valence-corrected chi connectivity index (χ1v) is 11.9. The standard InChI is InChI=1S/C28H25N7O/c1-35-23-9-8-21(15-20(23)7-10-24(35)36)32-28-33-26(30-16-18-5-3-2-4-6-18)25-22(17-31-27(25)34-28)19-11-13-29-14-12-19/h2-6,8-9,11-15,17H,7,10,16H2,1H3,(H3,30,31,32,33,34). The van der Waals surface area contributed by atoms with Crippen molar-refractivity contribution in [1.29, 1.82) is 0 Å². The van der Waals surface area contributed by atoms with Crippen molar-refractivity contribution in [3.05, 3.63) is 90.4 Å². The number of aryl methyl sites for hydroxylation is 1. The van der Waals surface area contributed by atoms with Gasteiger partial charge in [0.2, 0.25) is 11.9 Å². The molecule has 3 aromatic heterocycles. The predicted molar refractivity (Wildman–Crippen MR) is 142 cm³/mol. The normalized spacial score (nSPS) is 13.0. The number of rotatable bonds is 6. The van der Waals surface area contributed by atoms with Crippen molar-refractivity contribution in [2.24, 2.45) is 0 Å². The Bertz CT molecular complexity index is 1550. The zero-order valence-electron chi connectivity index (χ0n) is 19.8. The third-order valence-corrected chi connectivity index (χ3v) is 6.50. The second-order valence-electron chi connectivity index (χ2n) is 8.82. The van der Waals surface area contributed by atoms with Gasteiger partial charge in [-0.05, 0) is 53.4 Å². The molecule has 3 N–H and O–H groups in total. The van der Waals surface area contributed by atoms with Crippen molar-refractivity contribution in [1.82, 2.24) is 19.9 Å². The van der Waals surface area contributed by atoms with Gasteiger partial charge in [-0.25, -0.2) is 0 Å². The third-order valence-electron chi connectivity index (χ3n) is 6.50. The van der Waals surface area contributed by atoms with Crippen LogP contribution < -0.4 is 15.5 Å². The van der Waals surface area contributed by atoms with Gasteiger partial charge in [0.15, 0.2) is 0 Å². The summed E-state index contributed by atoms with van der Waals surface area (Å²) in [6.07, 6.45) is 6.76. The van der Waals surface area contributed by atoms with Crippen molar-refractivity contribution in [3.8, 4) is 11.1 Å². The van der Waals surface area contributed by atoms with E-state index in [0.29, 0.717) is 18.9 Å². The average molecular weight is 476 g/mol. The van der Waals surface area contributed by atoms with Crippen molar-refractivity contribution < 1.29 is 4.79 Å². The smallest absolute Gasteiger partial charge is 0.231 e. The number of fused-ring (bicyclic) bond motifs is 2. The zero-order chi connectivity index (χ0) is 24.5. The molecule has 0 bridgehead atoms. The highest BCUT2D eigenvalue weighted by Crippen LogP contribution is 2.34. The first kappa shape index (κ1) is 21.8. The third kappa shape index (κ3) is 4.13. The molecule has 0 radical (unpaired) electrons. The molecule has 0 aliphatic carbocycles. The Morgan fingerprint density at radius 3 is 2.67 bits per heavy atom. The van der Waals surface area contributed by atoms with Crippen LogP contribution in [0.2, 0.25) is 0 Å². The van der Waals surface area contributed by atoms with E-state index in [0.717, 1.165) is 56.9 Å². The molecule has 8 nitrogen and oxygen atoms in total. The fraction of sp³-hybridized carbons (Fsp3) is 0.143. The molecule has 4 heterocycles. The van der Waals surface area contributed by atoms with Gasteiger partial charge in [0.05, 0.1) is 5.39 Å². The van der Waals surface area contributed by atoms with E-state index in [1.54, 1.807) is 17.3 Å². The summed E-state index contributed by atoms with van der Waals surface area (Å²) < 4.78 is 0. The van der Waals surface area contributed by atoms with E-state index >= 15 is 0 Å². The summed E-state index contributed by atoms with van der Waals surface area (Å²) in [4.78, 5) is 30.9. The molecule has 6 rings (SSSR count). The molecule has 8 heteroatoms. The molecule has 0 atom stereocenters. The van der Waals surface area contributed by atoms with Gasteiger partial charge in [-0.3, -0.25) is 9.78 Å². The average Bonchev–Trinajstić information content (AvgIpc) is 3.35. The maximum atomic E-state index is 12.0. The van der Waals surface area contributed by atoms with Crippen molar-refractivity contribution >= 4 is 40.1 Å². The van der Waals surface area contributed by atoms with E-state index in [1.165, 1.54) is 0 Å². The monoisotopic (exact) mass is 475 g/mol.